The maximum Gasteiger partial charge on any atom is 0.163 e. The molecule has 4 heterocycles. The van der Waals surface area contributed by atoms with E-state index < -0.39 is 0 Å². The molecule has 0 fully saturated rings. The SMILES string of the molecule is c1cnc2sc(SSc3nc4cccnc4s3)nc2c1. The number of pyridine rings is 2. The van der Waals surface area contributed by atoms with Crippen LogP contribution in [0.2, 0.25) is 0 Å². The third-order valence-corrected chi connectivity index (χ3v) is 7.41. The summed E-state index contributed by atoms with van der Waals surface area (Å²) in [5.41, 5.74) is 1.90. The largest absolute Gasteiger partial charge is 0.244 e. The number of hydrogen-bond acceptors (Lipinski definition) is 8. The fraction of sp³-hybridized carbons (Fsp3) is 0. The lowest BCUT2D eigenvalue weighted by Crippen LogP contribution is -1.70. The van der Waals surface area contributed by atoms with E-state index in [2.05, 4.69) is 19.9 Å². The molecule has 4 aromatic heterocycles. The second kappa shape index (κ2) is 5.28. The lowest BCUT2D eigenvalue weighted by atomic mass is 10.5. The molecule has 98 valence electrons. The van der Waals surface area contributed by atoms with Gasteiger partial charge in [-0.1, -0.05) is 22.7 Å². The predicted molar refractivity (Wildman–Crippen MR) is 86.5 cm³/mol. The summed E-state index contributed by atoms with van der Waals surface area (Å²) in [6, 6.07) is 7.77. The Bertz CT molecular complexity index is 745. The van der Waals surface area contributed by atoms with Gasteiger partial charge < -0.3 is 0 Å². The van der Waals surface area contributed by atoms with Crippen LogP contribution in [0, 0.1) is 0 Å². The summed E-state index contributed by atoms with van der Waals surface area (Å²) in [5.74, 6) is 0. The van der Waals surface area contributed by atoms with Crippen molar-refractivity contribution in [2.45, 2.75) is 8.68 Å². The van der Waals surface area contributed by atoms with Crippen molar-refractivity contribution in [3.63, 3.8) is 0 Å². The number of nitrogens with zero attached hydrogens (tertiary/aromatic N) is 4. The van der Waals surface area contributed by atoms with Crippen molar-refractivity contribution in [1.82, 2.24) is 19.9 Å². The molecule has 4 nitrogen and oxygen atoms in total. The van der Waals surface area contributed by atoms with E-state index in [0.717, 1.165) is 29.4 Å². The van der Waals surface area contributed by atoms with E-state index >= 15 is 0 Å². The Morgan fingerprint density at radius 1 is 0.750 bits per heavy atom. The molecular formula is C12H6N4S4. The summed E-state index contributed by atoms with van der Waals surface area (Å²) in [6.07, 6.45) is 3.59. The van der Waals surface area contributed by atoms with E-state index in [4.69, 9.17) is 0 Å². The molecule has 0 N–H and O–H groups in total. The van der Waals surface area contributed by atoms with Crippen LogP contribution in [-0.4, -0.2) is 19.9 Å². The molecule has 0 aromatic carbocycles. The Balaban J connectivity index is 1.57. The fourth-order valence-corrected chi connectivity index (χ4v) is 5.96. The van der Waals surface area contributed by atoms with Gasteiger partial charge in [0.25, 0.3) is 0 Å². The van der Waals surface area contributed by atoms with Gasteiger partial charge in [-0.2, -0.15) is 0 Å². The molecule has 4 aromatic rings. The minimum atomic E-state index is 0.951. The second-order valence-electron chi connectivity index (χ2n) is 3.78. The normalized spacial score (nSPS) is 11.4. The first-order valence-electron chi connectivity index (χ1n) is 5.66. The summed E-state index contributed by atoms with van der Waals surface area (Å²) in [6.45, 7) is 0. The molecule has 0 aliphatic heterocycles. The average molecular weight is 334 g/mol. The Hall–Kier alpha value is -1.22. The molecule has 4 rings (SSSR count). The van der Waals surface area contributed by atoms with Gasteiger partial charge in [0.2, 0.25) is 0 Å². The molecular weight excluding hydrogens is 328 g/mol. The third-order valence-electron chi connectivity index (χ3n) is 2.48. The van der Waals surface area contributed by atoms with Crippen molar-refractivity contribution in [3.8, 4) is 0 Å². The molecule has 0 aliphatic rings. The highest BCUT2D eigenvalue weighted by Crippen LogP contribution is 2.42. The van der Waals surface area contributed by atoms with Crippen LogP contribution in [0.1, 0.15) is 0 Å². The summed E-state index contributed by atoms with van der Waals surface area (Å²) < 4.78 is 1.99. The van der Waals surface area contributed by atoms with Crippen LogP contribution >= 0.6 is 44.3 Å². The monoisotopic (exact) mass is 334 g/mol. The van der Waals surface area contributed by atoms with Crippen molar-refractivity contribution in [1.29, 1.82) is 0 Å². The molecule has 0 aliphatic carbocycles. The van der Waals surface area contributed by atoms with Crippen LogP contribution in [0.25, 0.3) is 20.7 Å². The summed E-state index contributed by atoms with van der Waals surface area (Å²) in [4.78, 5) is 19.6. The first kappa shape index (κ1) is 12.5. The molecule has 0 saturated carbocycles. The van der Waals surface area contributed by atoms with E-state index in [1.165, 1.54) is 0 Å². The molecule has 0 radical (unpaired) electrons. The zero-order chi connectivity index (χ0) is 13.4. The standard InChI is InChI=1S/C12H6N4S4/c1-3-7-9(13-5-1)17-11(15-7)19-20-12-16-8-4-2-6-14-10(8)18-12/h1-6H. The van der Waals surface area contributed by atoms with Crippen LogP contribution in [-0.2, 0) is 0 Å². The van der Waals surface area contributed by atoms with Crippen molar-refractivity contribution in [2.24, 2.45) is 0 Å². The van der Waals surface area contributed by atoms with Crippen molar-refractivity contribution < 1.29 is 0 Å². The molecule has 0 saturated heterocycles. The van der Waals surface area contributed by atoms with Gasteiger partial charge >= 0.3 is 0 Å². The van der Waals surface area contributed by atoms with Crippen LogP contribution in [0.15, 0.2) is 45.3 Å². The highest BCUT2D eigenvalue weighted by molar-refractivity contribution is 8.77. The Morgan fingerprint density at radius 3 is 1.70 bits per heavy atom. The maximum atomic E-state index is 4.54. The van der Waals surface area contributed by atoms with Crippen LogP contribution in [0.5, 0.6) is 0 Å². The first-order chi connectivity index (χ1) is 9.88. The molecule has 20 heavy (non-hydrogen) atoms. The van der Waals surface area contributed by atoms with Gasteiger partial charge in [0.05, 0.1) is 0 Å². The van der Waals surface area contributed by atoms with Crippen molar-refractivity contribution >= 4 is 65.0 Å². The summed E-state index contributed by atoms with van der Waals surface area (Å²) >= 11 is 3.21. The average Bonchev–Trinajstić information content (AvgIpc) is 3.07. The first-order valence-corrected chi connectivity index (χ1v) is 9.44. The van der Waals surface area contributed by atoms with Gasteiger partial charge in [-0.3, -0.25) is 0 Å². The number of rotatable bonds is 3. The number of aromatic nitrogens is 4. The van der Waals surface area contributed by atoms with Crippen molar-refractivity contribution in [3.05, 3.63) is 36.7 Å². The predicted octanol–water partition coefficient (Wildman–Crippen LogP) is 4.50. The van der Waals surface area contributed by atoms with E-state index in [1.54, 1.807) is 56.7 Å². The lowest BCUT2D eigenvalue weighted by Gasteiger charge is -1.89. The molecule has 8 heteroatoms. The number of hydrogen-bond donors (Lipinski definition) is 0. The molecule has 0 atom stereocenters. The molecule has 0 bridgehead atoms. The fourth-order valence-electron chi connectivity index (χ4n) is 1.64. The quantitative estimate of drug-likeness (QED) is 0.514. The van der Waals surface area contributed by atoms with E-state index in [-0.39, 0.29) is 0 Å². The zero-order valence-corrected chi connectivity index (χ0v) is 13.2. The zero-order valence-electron chi connectivity index (χ0n) is 9.89. The van der Waals surface area contributed by atoms with Crippen LogP contribution < -0.4 is 0 Å². The van der Waals surface area contributed by atoms with Gasteiger partial charge in [-0.25, -0.2) is 19.9 Å². The highest BCUT2D eigenvalue weighted by Gasteiger charge is 2.09. The van der Waals surface area contributed by atoms with E-state index in [0.29, 0.717) is 0 Å². The van der Waals surface area contributed by atoms with E-state index in [1.807, 2.05) is 24.3 Å². The maximum absolute atomic E-state index is 4.54. The lowest BCUT2D eigenvalue weighted by molar-refractivity contribution is 1.30. The highest BCUT2D eigenvalue weighted by atomic mass is 33.1. The smallest absolute Gasteiger partial charge is 0.163 e. The number of thiazole rings is 2. The van der Waals surface area contributed by atoms with Gasteiger partial charge in [0, 0.05) is 12.4 Å². The summed E-state index contributed by atoms with van der Waals surface area (Å²) in [5, 5.41) is 0. The Morgan fingerprint density at radius 2 is 1.25 bits per heavy atom. The molecule has 0 amide bonds. The Kier molecular flexibility index (Phi) is 3.31. The van der Waals surface area contributed by atoms with Gasteiger partial charge in [-0.15, -0.1) is 0 Å². The molecule has 0 unspecified atom stereocenters. The van der Waals surface area contributed by atoms with E-state index in [9.17, 15) is 0 Å². The Labute approximate surface area is 130 Å². The summed E-state index contributed by atoms with van der Waals surface area (Å²) in [7, 11) is 3.24. The second-order valence-corrected chi connectivity index (χ2v) is 8.36. The van der Waals surface area contributed by atoms with Gasteiger partial charge in [0.1, 0.15) is 20.7 Å². The van der Waals surface area contributed by atoms with Crippen LogP contribution in [0.3, 0.4) is 0 Å². The minimum Gasteiger partial charge on any atom is -0.244 e. The van der Waals surface area contributed by atoms with Gasteiger partial charge in [-0.05, 0) is 45.9 Å². The molecule has 0 spiro atoms. The topological polar surface area (TPSA) is 51.6 Å². The van der Waals surface area contributed by atoms with Crippen LogP contribution in [0.4, 0.5) is 0 Å². The number of fused-ring (bicyclic) bond motifs is 2. The third kappa shape index (κ3) is 2.39. The van der Waals surface area contributed by atoms with Crippen molar-refractivity contribution in [2.75, 3.05) is 0 Å². The van der Waals surface area contributed by atoms with Gasteiger partial charge in [0.15, 0.2) is 8.68 Å². The minimum absolute atomic E-state index is 0.951.